The SMILES string of the molecule is NS(=O)(=O)c1ccc(C2=C(c3ccc(F)cc3)C(=O)OC23CCCC3)cc1. The van der Waals surface area contributed by atoms with Crippen molar-refractivity contribution in [3.8, 4) is 0 Å². The van der Waals surface area contributed by atoms with E-state index in [4.69, 9.17) is 9.88 Å². The Morgan fingerprint density at radius 1 is 0.926 bits per heavy atom. The van der Waals surface area contributed by atoms with Crippen LogP contribution in [0.1, 0.15) is 36.8 Å². The number of esters is 1. The van der Waals surface area contributed by atoms with Crippen LogP contribution < -0.4 is 5.14 Å². The molecule has 2 aromatic carbocycles. The van der Waals surface area contributed by atoms with Crippen LogP contribution in [0, 0.1) is 5.82 Å². The van der Waals surface area contributed by atoms with Crippen LogP contribution in [0.15, 0.2) is 53.4 Å². The molecular weight excluding hydrogens is 369 g/mol. The summed E-state index contributed by atoms with van der Waals surface area (Å²) in [6, 6.07) is 11.8. The minimum atomic E-state index is -3.81. The highest BCUT2D eigenvalue weighted by Gasteiger charge is 2.49. The van der Waals surface area contributed by atoms with Crippen molar-refractivity contribution >= 4 is 27.1 Å². The molecule has 0 radical (unpaired) electrons. The van der Waals surface area contributed by atoms with Gasteiger partial charge in [-0.15, -0.1) is 0 Å². The molecular formula is C20H18FNO4S. The van der Waals surface area contributed by atoms with Gasteiger partial charge in [-0.3, -0.25) is 0 Å². The van der Waals surface area contributed by atoms with E-state index in [0.29, 0.717) is 29.5 Å². The summed E-state index contributed by atoms with van der Waals surface area (Å²) in [5.41, 5.74) is 1.70. The molecule has 27 heavy (non-hydrogen) atoms. The molecule has 2 N–H and O–H groups in total. The van der Waals surface area contributed by atoms with E-state index in [1.54, 1.807) is 24.3 Å². The van der Waals surface area contributed by atoms with Crippen LogP contribution in [-0.2, 0) is 19.6 Å². The molecule has 1 heterocycles. The number of ether oxygens (including phenoxy) is 1. The minimum Gasteiger partial charge on any atom is -0.451 e. The number of hydrogen-bond donors (Lipinski definition) is 1. The molecule has 0 aromatic heterocycles. The van der Waals surface area contributed by atoms with E-state index in [1.807, 2.05) is 0 Å². The Labute approximate surface area is 156 Å². The van der Waals surface area contributed by atoms with Gasteiger partial charge in [-0.1, -0.05) is 24.3 Å². The predicted molar refractivity (Wildman–Crippen MR) is 98.3 cm³/mol. The second-order valence-electron chi connectivity index (χ2n) is 6.92. The predicted octanol–water partition coefficient (Wildman–Crippen LogP) is 3.25. The lowest BCUT2D eigenvalue weighted by molar-refractivity contribution is -0.143. The van der Waals surface area contributed by atoms with Gasteiger partial charge in [-0.25, -0.2) is 22.7 Å². The number of hydrogen-bond acceptors (Lipinski definition) is 4. The molecule has 1 saturated carbocycles. The van der Waals surface area contributed by atoms with Crippen molar-refractivity contribution in [1.29, 1.82) is 0 Å². The summed E-state index contributed by atoms with van der Waals surface area (Å²) in [6.45, 7) is 0. The van der Waals surface area contributed by atoms with Gasteiger partial charge in [0, 0.05) is 5.57 Å². The minimum absolute atomic E-state index is 0.000830. The van der Waals surface area contributed by atoms with E-state index in [2.05, 4.69) is 0 Å². The summed E-state index contributed by atoms with van der Waals surface area (Å²) in [6.07, 6.45) is 3.27. The third-order valence-corrected chi connectivity index (χ3v) is 6.14. The van der Waals surface area contributed by atoms with Gasteiger partial charge in [0.1, 0.15) is 11.4 Å². The fourth-order valence-electron chi connectivity index (χ4n) is 4.00. The lowest BCUT2D eigenvalue weighted by Crippen LogP contribution is -2.27. The van der Waals surface area contributed by atoms with Crippen LogP contribution in [0.2, 0.25) is 0 Å². The van der Waals surface area contributed by atoms with Gasteiger partial charge >= 0.3 is 5.97 Å². The standard InChI is InChI=1S/C20H18FNO4S/c21-15-7-3-13(4-8-15)17-18(20(26-19(17)23)11-1-2-12-20)14-5-9-16(10-6-14)27(22,24)25/h3-10H,1-2,11-12H2,(H2,22,24,25). The Morgan fingerprint density at radius 2 is 1.48 bits per heavy atom. The molecule has 0 atom stereocenters. The Morgan fingerprint density at radius 3 is 2.04 bits per heavy atom. The second kappa shape index (κ2) is 6.28. The maximum Gasteiger partial charge on any atom is 0.340 e. The molecule has 2 aromatic rings. The van der Waals surface area contributed by atoms with Crippen molar-refractivity contribution in [2.45, 2.75) is 36.2 Å². The summed E-state index contributed by atoms with van der Waals surface area (Å²) in [5, 5.41) is 5.18. The van der Waals surface area contributed by atoms with Gasteiger partial charge in [0.2, 0.25) is 10.0 Å². The first-order chi connectivity index (χ1) is 12.8. The number of sulfonamides is 1. The van der Waals surface area contributed by atoms with E-state index >= 15 is 0 Å². The largest absolute Gasteiger partial charge is 0.451 e. The molecule has 7 heteroatoms. The van der Waals surface area contributed by atoms with Gasteiger partial charge in [0.25, 0.3) is 0 Å². The molecule has 1 aliphatic heterocycles. The van der Waals surface area contributed by atoms with Crippen molar-refractivity contribution in [3.63, 3.8) is 0 Å². The summed E-state index contributed by atoms with van der Waals surface area (Å²) < 4.78 is 42.2. The van der Waals surface area contributed by atoms with Crippen molar-refractivity contribution in [2.75, 3.05) is 0 Å². The Hall–Kier alpha value is -2.51. The zero-order valence-electron chi connectivity index (χ0n) is 14.4. The number of carbonyl (C=O) groups excluding carboxylic acids is 1. The molecule has 0 bridgehead atoms. The Balaban J connectivity index is 1.92. The summed E-state index contributed by atoms with van der Waals surface area (Å²) in [4.78, 5) is 12.7. The Bertz CT molecular complexity index is 1030. The quantitative estimate of drug-likeness (QED) is 0.819. The molecule has 140 valence electrons. The van der Waals surface area contributed by atoms with Crippen LogP contribution in [0.5, 0.6) is 0 Å². The van der Waals surface area contributed by atoms with Gasteiger partial charge in [0.05, 0.1) is 10.5 Å². The zero-order chi connectivity index (χ0) is 19.2. The summed E-state index contributed by atoms with van der Waals surface area (Å²) in [5.74, 6) is -0.825. The molecule has 1 aliphatic carbocycles. The van der Waals surface area contributed by atoms with Crippen molar-refractivity contribution in [1.82, 2.24) is 0 Å². The molecule has 2 aliphatic rings. The molecule has 5 nitrogen and oxygen atoms in total. The van der Waals surface area contributed by atoms with Gasteiger partial charge in [0.15, 0.2) is 0 Å². The molecule has 0 unspecified atom stereocenters. The van der Waals surface area contributed by atoms with Gasteiger partial charge in [-0.2, -0.15) is 0 Å². The number of halogens is 1. The fourth-order valence-corrected chi connectivity index (χ4v) is 4.52. The number of primary sulfonamides is 1. The monoisotopic (exact) mass is 387 g/mol. The number of carbonyl (C=O) groups is 1. The van der Waals surface area contributed by atoms with Crippen LogP contribution in [0.25, 0.3) is 11.1 Å². The van der Waals surface area contributed by atoms with Crippen LogP contribution in [-0.4, -0.2) is 20.0 Å². The second-order valence-corrected chi connectivity index (χ2v) is 8.48. The van der Waals surface area contributed by atoms with E-state index in [-0.39, 0.29) is 10.7 Å². The summed E-state index contributed by atoms with van der Waals surface area (Å²) in [7, 11) is -3.81. The maximum atomic E-state index is 13.3. The van der Waals surface area contributed by atoms with Crippen LogP contribution >= 0.6 is 0 Å². The molecule has 1 spiro atoms. The van der Waals surface area contributed by atoms with E-state index in [9.17, 15) is 17.6 Å². The highest BCUT2D eigenvalue weighted by atomic mass is 32.2. The highest BCUT2D eigenvalue weighted by molar-refractivity contribution is 7.89. The lowest BCUT2D eigenvalue weighted by atomic mass is 9.83. The van der Waals surface area contributed by atoms with Crippen LogP contribution in [0.3, 0.4) is 0 Å². The number of nitrogens with two attached hydrogens (primary N) is 1. The Kier molecular flexibility index (Phi) is 4.16. The highest BCUT2D eigenvalue weighted by Crippen LogP contribution is 2.52. The van der Waals surface area contributed by atoms with E-state index in [0.717, 1.165) is 18.4 Å². The van der Waals surface area contributed by atoms with E-state index in [1.165, 1.54) is 24.3 Å². The van der Waals surface area contributed by atoms with Gasteiger partial charge in [-0.05, 0) is 61.1 Å². The molecule has 0 amide bonds. The maximum absolute atomic E-state index is 13.3. The van der Waals surface area contributed by atoms with E-state index < -0.39 is 21.6 Å². The van der Waals surface area contributed by atoms with Crippen molar-refractivity contribution in [3.05, 3.63) is 65.5 Å². The third-order valence-electron chi connectivity index (χ3n) is 5.21. The average molecular weight is 387 g/mol. The molecule has 0 saturated heterocycles. The van der Waals surface area contributed by atoms with Crippen molar-refractivity contribution in [2.24, 2.45) is 5.14 Å². The topological polar surface area (TPSA) is 86.5 Å². The van der Waals surface area contributed by atoms with Crippen LogP contribution in [0.4, 0.5) is 4.39 Å². The average Bonchev–Trinajstić information content (AvgIpc) is 3.20. The lowest BCUT2D eigenvalue weighted by Gasteiger charge is -2.26. The molecule has 4 rings (SSSR count). The fraction of sp³-hybridized carbons (Fsp3) is 0.250. The number of benzene rings is 2. The van der Waals surface area contributed by atoms with Crippen molar-refractivity contribution < 1.29 is 22.3 Å². The first-order valence-electron chi connectivity index (χ1n) is 8.67. The van der Waals surface area contributed by atoms with Gasteiger partial charge < -0.3 is 4.74 Å². The zero-order valence-corrected chi connectivity index (χ0v) is 15.3. The number of rotatable bonds is 3. The summed E-state index contributed by atoms with van der Waals surface area (Å²) >= 11 is 0. The molecule has 1 fully saturated rings. The normalized spacial score (nSPS) is 19.0. The smallest absolute Gasteiger partial charge is 0.340 e. The third kappa shape index (κ3) is 3.07. The first-order valence-corrected chi connectivity index (χ1v) is 10.2. The first kappa shape index (κ1) is 17.9.